The van der Waals surface area contributed by atoms with Gasteiger partial charge in [-0.15, -0.1) is 0 Å². The number of hydrogen-bond acceptors (Lipinski definition) is 8. The van der Waals surface area contributed by atoms with Gasteiger partial charge in [0.1, 0.15) is 5.75 Å². The highest BCUT2D eigenvalue weighted by Gasteiger charge is 2.11. The molecule has 8 heteroatoms. The largest absolute Gasteiger partial charge is 0.494 e. The first-order chi connectivity index (χ1) is 15.4. The molecule has 7 nitrogen and oxygen atoms in total. The van der Waals surface area contributed by atoms with E-state index in [1.807, 2.05) is 18.2 Å². The van der Waals surface area contributed by atoms with Crippen LogP contribution >= 0.6 is 11.7 Å². The monoisotopic (exact) mass is 438 g/mol. The SMILES string of the molecule is c1cc(CN2CCCCC2)cc(OCCCNc2nsnc2NCc2ccncc2)c1. The zero-order valence-corrected chi connectivity index (χ0v) is 18.6. The van der Waals surface area contributed by atoms with Gasteiger partial charge in [0.15, 0.2) is 11.6 Å². The Bertz CT molecular complexity index is 913. The second kappa shape index (κ2) is 11.6. The van der Waals surface area contributed by atoms with Gasteiger partial charge < -0.3 is 15.4 Å². The molecule has 1 aliphatic heterocycles. The summed E-state index contributed by atoms with van der Waals surface area (Å²) in [4.78, 5) is 6.58. The molecule has 0 amide bonds. The first-order valence-corrected chi connectivity index (χ1v) is 11.7. The second-order valence-electron chi connectivity index (χ2n) is 7.78. The van der Waals surface area contributed by atoms with Crippen molar-refractivity contribution in [3.05, 3.63) is 59.9 Å². The minimum absolute atomic E-state index is 0.664. The van der Waals surface area contributed by atoms with Gasteiger partial charge in [0.2, 0.25) is 0 Å². The molecule has 4 rings (SSSR count). The third-order valence-electron chi connectivity index (χ3n) is 5.33. The van der Waals surface area contributed by atoms with E-state index in [-0.39, 0.29) is 0 Å². The molecule has 31 heavy (non-hydrogen) atoms. The molecule has 0 saturated carbocycles. The molecule has 0 spiro atoms. The molecule has 0 radical (unpaired) electrons. The van der Waals surface area contributed by atoms with Crippen LogP contribution < -0.4 is 15.4 Å². The Labute approximate surface area is 188 Å². The Morgan fingerprint density at radius 2 is 1.74 bits per heavy atom. The van der Waals surface area contributed by atoms with Crippen LogP contribution in [0.15, 0.2) is 48.8 Å². The summed E-state index contributed by atoms with van der Waals surface area (Å²) in [5, 5.41) is 6.68. The summed E-state index contributed by atoms with van der Waals surface area (Å²) in [5.41, 5.74) is 2.49. The van der Waals surface area contributed by atoms with Gasteiger partial charge >= 0.3 is 0 Å². The first kappa shape index (κ1) is 21.5. The van der Waals surface area contributed by atoms with Crippen molar-refractivity contribution in [2.45, 2.75) is 38.8 Å². The lowest BCUT2D eigenvalue weighted by Crippen LogP contribution is -2.29. The highest BCUT2D eigenvalue weighted by atomic mass is 32.1. The Balaban J connectivity index is 1.16. The second-order valence-corrected chi connectivity index (χ2v) is 8.31. The predicted octanol–water partition coefficient (Wildman–Crippen LogP) is 4.41. The summed E-state index contributed by atoms with van der Waals surface area (Å²) < 4.78 is 14.7. The number of nitrogens with zero attached hydrogens (tertiary/aromatic N) is 4. The number of ether oxygens (including phenoxy) is 1. The van der Waals surface area contributed by atoms with Crippen molar-refractivity contribution in [2.24, 2.45) is 0 Å². The van der Waals surface area contributed by atoms with Crippen LogP contribution in [0.4, 0.5) is 11.6 Å². The molecule has 1 aliphatic rings. The highest BCUT2D eigenvalue weighted by molar-refractivity contribution is 6.99. The van der Waals surface area contributed by atoms with Gasteiger partial charge in [0.25, 0.3) is 0 Å². The molecule has 0 unspecified atom stereocenters. The van der Waals surface area contributed by atoms with Crippen molar-refractivity contribution in [2.75, 3.05) is 36.9 Å². The van der Waals surface area contributed by atoms with Crippen LogP contribution in [-0.4, -0.2) is 44.9 Å². The van der Waals surface area contributed by atoms with E-state index in [9.17, 15) is 0 Å². The molecular weight excluding hydrogens is 408 g/mol. The number of piperidine rings is 1. The molecule has 2 N–H and O–H groups in total. The summed E-state index contributed by atoms with van der Waals surface area (Å²) in [6.45, 7) is 5.58. The van der Waals surface area contributed by atoms with E-state index in [0.29, 0.717) is 13.2 Å². The van der Waals surface area contributed by atoms with E-state index in [0.717, 1.165) is 42.5 Å². The Hall–Kier alpha value is -2.71. The number of benzene rings is 1. The fourth-order valence-electron chi connectivity index (χ4n) is 3.69. The zero-order valence-electron chi connectivity index (χ0n) is 17.8. The lowest BCUT2D eigenvalue weighted by atomic mass is 10.1. The molecule has 0 bridgehead atoms. The third kappa shape index (κ3) is 6.90. The maximum atomic E-state index is 5.98. The van der Waals surface area contributed by atoms with Gasteiger partial charge in [-0.25, -0.2) is 0 Å². The van der Waals surface area contributed by atoms with Crippen LogP contribution in [0, 0.1) is 0 Å². The first-order valence-electron chi connectivity index (χ1n) is 11.0. The average Bonchev–Trinajstić information content (AvgIpc) is 3.26. The minimum atomic E-state index is 0.664. The van der Waals surface area contributed by atoms with Gasteiger partial charge in [0, 0.05) is 32.0 Å². The number of anilines is 2. The van der Waals surface area contributed by atoms with Crippen molar-refractivity contribution < 1.29 is 4.74 Å². The van der Waals surface area contributed by atoms with Crippen molar-refractivity contribution >= 4 is 23.4 Å². The molecular formula is C23H30N6OS. The zero-order chi connectivity index (χ0) is 21.1. The summed E-state index contributed by atoms with van der Waals surface area (Å²) in [5.74, 6) is 2.53. The molecule has 2 aromatic heterocycles. The Morgan fingerprint density at radius 3 is 2.58 bits per heavy atom. The van der Waals surface area contributed by atoms with E-state index in [1.54, 1.807) is 12.4 Å². The van der Waals surface area contributed by atoms with Crippen molar-refractivity contribution in [1.29, 1.82) is 0 Å². The normalized spacial score (nSPS) is 14.3. The van der Waals surface area contributed by atoms with Crippen molar-refractivity contribution in [3.63, 3.8) is 0 Å². The average molecular weight is 439 g/mol. The van der Waals surface area contributed by atoms with E-state index in [1.165, 1.54) is 49.6 Å². The van der Waals surface area contributed by atoms with Crippen LogP contribution in [0.3, 0.4) is 0 Å². The predicted molar refractivity (Wildman–Crippen MR) is 126 cm³/mol. The third-order valence-corrected chi connectivity index (χ3v) is 5.86. The molecule has 1 fully saturated rings. The molecule has 3 heterocycles. The molecule has 164 valence electrons. The van der Waals surface area contributed by atoms with E-state index >= 15 is 0 Å². The van der Waals surface area contributed by atoms with Crippen LogP contribution in [0.1, 0.15) is 36.8 Å². The van der Waals surface area contributed by atoms with E-state index in [4.69, 9.17) is 4.74 Å². The molecule has 3 aromatic rings. The van der Waals surface area contributed by atoms with Gasteiger partial charge in [-0.2, -0.15) is 8.75 Å². The highest BCUT2D eigenvalue weighted by Crippen LogP contribution is 2.20. The molecule has 1 aromatic carbocycles. The lowest BCUT2D eigenvalue weighted by molar-refractivity contribution is 0.220. The molecule has 0 aliphatic carbocycles. The topological polar surface area (TPSA) is 75.2 Å². The summed E-state index contributed by atoms with van der Waals surface area (Å²) in [6.07, 6.45) is 8.47. The summed E-state index contributed by atoms with van der Waals surface area (Å²) in [7, 11) is 0. The minimum Gasteiger partial charge on any atom is -0.494 e. The number of pyridine rings is 1. The fourth-order valence-corrected chi connectivity index (χ4v) is 4.19. The van der Waals surface area contributed by atoms with Gasteiger partial charge in [-0.1, -0.05) is 18.6 Å². The Morgan fingerprint density at radius 1 is 0.935 bits per heavy atom. The van der Waals surface area contributed by atoms with Crippen LogP contribution in [0.2, 0.25) is 0 Å². The Kier molecular flexibility index (Phi) is 8.07. The molecule has 1 saturated heterocycles. The number of hydrogen-bond donors (Lipinski definition) is 2. The van der Waals surface area contributed by atoms with Crippen molar-refractivity contribution in [3.8, 4) is 5.75 Å². The number of likely N-dealkylation sites (tertiary alicyclic amines) is 1. The smallest absolute Gasteiger partial charge is 0.184 e. The summed E-state index contributed by atoms with van der Waals surface area (Å²) in [6, 6.07) is 12.5. The van der Waals surface area contributed by atoms with Gasteiger partial charge in [0.05, 0.1) is 18.3 Å². The van der Waals surface area contributed by atoms with Gasteiger partial charge in [-0.05, 0) is 67.7 Å². The number of rotatable bonds is 11. The maximum absolute atomic E-state index is 5.98. The standard InChI is InChI=1S/C23H30N6OS/c1-2-13-29(14-3-1)18-20-6-4-7-21(16-20)30-15-5-10-25-22-23(28-31-27-22)26-17-19-8-11-24-12-9-19/h4,6-9,11-12,16H,1-3,5,10,13-15,17-18H2,(H,25,27)(H,26,28). The maximum Gasteiger partial charge on any atom is 0.184 e. The van der Waals surface area contributed by atoms with Crippen LogP contribution in [0.5, 0.6) is 5.75 Å². The summed E-state index contributed by atoms with van der Waals surface area (Å²) >= 11 is 1.21. The fraction of sp³-hybridized carbons (Fsp3) is 0.435. The van der Waals surface area contributed by atoms with Crippen LogP contribution in [0.25, 0.3) is 0 Å². The van der Waals surface area contributed by atoms with E-state index in [2.05, 4.69) is 47.5 Å². The van der Waals surface area contributed by atoms with Crippen LogP contribution in [-0.2, 0) is 13.1 Å². The number of nitrogens with one attached hydrogen (secondary N) is 2. The quantitative estimate of drug-likeness (QED) is 0.430. The van der Waals surface area contributed by atoms with Crippen molar-refractivity contribution in [1.82, 2.24) is 18.6 Å². The lowest BCUT2D eigenvalue weighted by Gasteiger charge is -2.26. The van der Waals surface area contributed by atoms with E-state index < -0.39 is 0 Å². The van der Waals surface area contributed by atoms with Gasteiger partial charge in [-0.3, -0.25) is 9.88 Å². The number of aromatic nitrogens is 3. The molecule has 0 atom stereocenters.